The number of aromatic nitrogens is 1. The van der Waals surface area contributed by atoms with Crippen molar-refractivity contribution in [3.05, 3.63) is 75.6 Å². The third-order valence-electron chi connectivity index (χ3n) is 4.13. The number of aryl methyl sites for hydroxylation is 1. The maximum atomic E-state index is 12.2. The van der Waals surface area contributed by atoms with Gasteiger partial charge in [0.15, 0.2) is 0 Å². The predicted octanol–water partition coefficient (Wildman–Crippen LogP) is 2.70. The van der Waals surface area contributed by atoms with Gasteiger partial charge in [0.25, 0.3) is 5.56 Å². The number of nitrogens with one attached hydrogen (secondary N) is 2. The van der Waals surface area contributed by atoms with Crippen LogP contribution in [-0.4, -0.2) is 18.0 Å². The second-order valence-electron chi connectivity index (χ2n) is 5.97. The van der Waals surface area contributed by atoms with Crippen molar-refractivity contribution in [1.82, 2.24) is 10.3 Å². The van der Waals surface area contributed by atoms with Crippen LogP contribution in [0.15, 0.2) is 53.3 Å². The summed E-state index contributed by atoms with van der Waals surface area (Å²) >= 11 is 0. The molecule has 1 amide bonds. The average Bonchev–Trinajstić information content (AvgIpc) is 2.61. The molecule has 0 unspecified atom stereocenters. The first kappa shape index (κ1) is 16.8. The topological polar surface area (TPSA) is 71.2 Å². The van der Waals surface area contributed by atoms with Crippen LogP contribution in [0.1, 0.15) is 16.7 Å². The number of pyridine rings is 1. The lowest BCUT2D eigenvalue weighted by atomic mass is 10.1. The molecule has 5 nitrogen and oxygen atoms in total. The smallest absolute Gasteiger partial charge is 0.251 e. The van der Waals surface area contributed by atoms with Crippen molar-refractivity contribution in [2.75, 3.05) is 7.11 Å². The fourth-order valence-electron chi connectivity index (χ4n) is 2.76. The molecule has 3 rings (SSSR count). The Balaban J connectivity index is 1.68. The van der Waals surface area contributed by atoms with E-state index in [4.69, 9.17) is 4.74 Å². The molecule has 0 aliphatic rings. The van der Waals surface area contributed by atoms with E-state index >= 15 is 0 Å². The molecular weight excluding hydrogens is 316 g/mol. The summed E-state index contributed by atoms with van der Waals surface area (Å²) in [4.78, 5) is 26.7. The van der Waals surface area contributed by atoms with Gasteiger partial charge >= 0.3 is 0 Å². The Morgan fingerprint density at radius 3 is 2.76 bits per heavy atom. The Labute approximate surface area is 145 Å². The zero-order valence-corrected chi connectivity index (χ0v) is 14.3. The molecule has 0 saturated heterocycles. The molecule has 1 aromatic heterocycles. The minimum atomic E-state index is -0.0784. The monoisotopic (exact) mass is 336 g/mol. The van der Waals surface area contributed by atoms with Gasteiger partial charge in [-0.2, -0.15) is 0 Å². The van der Waals surface area contributed by atoms with Gasteiger partial charge in [-0.25, -0.2) is 0 Å². The number of hydrogen-bond acceptors (Lipinski definition) is 3. The number of hydrogen-bond donors (Lipinski definition) is 2. The third-order valence-corrected chi connectivity index (χ3v) is 4.13. The minimum Gasteiger partial charge on any atom is -0.496 e. The lowest BCUT2D eigenvalue weighted by Crippen LogP contribution is -2.24. The Bertz CT molecular complexity index is 976. The van der Waals surface area contributed by atoms with Gasteiger partial charge < -0.3 is 15.0 Å². The van der Waals surface area contributed by atoms with Crippen LogP contribution < -0.4 is 15.6 Å². The molecule has 0 saturated carbocycles. The zero-order valence-electron chi connectivity index (χ0n) is 14.3. The van der Waals surface area contributed by atoms with Gasteiger partial charge in [-0.3, -0.25) is 9.59 Å². The highest BCUT2D eigenvalue weighted by Crippen LogP contribution is 2.18. The number of benzene rings is 2. The van der Waals surface area contributed by atoms with Crippen LogP contribution >= 0.6 is 0 Å². The molecular formula is C20H20N2O3. The highest BCUT2D eigenvalue weighted by Gasteiger charge is 2.08. The molecule has 2 N–H and O–H groups in total. The zero-order chi connectivity index (χ0) is 17.8. The summed E-state index contributed by atoms with van der Waals surface area (Å²) in [6.45, 7) is 2.21. The molecule has 2 aromatic carbocycles. The molecule has 3 aromatic rings. The van der Waals surface area contributed by atoms with Crippen molar-refractivity contribution in [3.63, 3.8) is 0 Å². The Hall–Kier alpha value is -3.08. The number of carbonyl (C=O) groups is 1. The highest BCUT2D eigenvalue weighted by molar-refractivity contribution is 5.81. The number of amides is 1. The van der Waals surface area contributed by atoms with E-state index in [1.54, 1.807) is 14.0 Å². The molecule has 0 aliphatic carbocycles. The number of rotatable bonds is 5. The van der Waals surface area contributed by atoms with Gasteiger partial charge in [-0.1, -0.05) is 24.3 Å². The summed E-state index contributed by atoms with van der Waals surface area (Å²) in [6.07, 6.45) is 0.268. The van der Waals surface area contributed by atoms with Crippen LogP contribution in [0.3, 0.4) is 0 Å². The van der Waals surface area contributed by atoms with E-state index in [1.165, 1.54) is 0 Å². The number of ether oxygens (including phenoxy) is 1. The van der Waals surface area contributed by atoms with Crippen LogP contribution in [0.5, 0.6) is 5.75 Å². The summed E-state index contributed by atoms with van der Waals surface area (Å²) in [7, 11) is 1.60. The summed E-state index contributed by atoms with van der Waals surface area (Å²) < 4.78 is 5.27. The molecule has 0 fully saturated rings. The van der Waals surface area contributed by atoms with E-state index in [0.717, 1.165) is 22.0 Å². The van der Waals surface area contributed by atoms with Gasteiger partial charge in [0.2, 0.25) is 5.91 Å². The van der Waals surface area contributed by atoms with E-state index in [-0.39, 0.29) is 17.9 Å². The van der Waals surface area contributed by atoms with Crippen molar-refractivity contribution in [2.24, 2.45) is 0 Å². The molecule has 128 valence electrons. The molecule has 0 atom stereocenters. The molecule has 0 spiro atoms. The second kappa shape index (κ2) is 7.21. The summed E-state index contributed by atoms with van der Waals surface area (Å²) in [5.74, 6) is 0.644. The fourth-order valence-corrected chi connectivity index (χ4v) is 2.76. The van der Waals surface area contributed by atoms with Gasteiger partial charge in [0.05, 0.1) is 13.5 Å². The van der Waals surface area contributed by atoms with E-state index < -0.39 is 0 Å². The largest absolute Gasteiger partial charge is 0.496 e. The van der Waals surface area contributed by atoms with Gasteiger partial charge in [0, 0.05) is 23.2 Å². The minimum absolute atomic E-state index is 0.0674. The van der Waals surface area contributed by atoms with E-state index in [9.17, 15) is 9.59 Å². The van der Waals surface area contributed by atoms with Crippen molar-refractivity contribution < 1.29 is 9.53 Å². The summed E-state index contributed by atoms with van der Waals surface area (Å²) in [5.41, 5.74) is 3.22. The Kier molecular flexibility index (Phi) is 4.84. The van der Waals surface area contributed by atoms with Crippen LogP contribution in [0, 0.1) is 6.92 Å². The normalized spacial score (nSPS) is 10.6. The quantitative estimate of drug-likeness (QED) is 0.752. The third kappa shape index (κ3) is 3.88. The number of fused-ring (bicyclic) bond motifs is 1. The van der Waals surface area contributed by atoms with Crippen molar-refractivity contribution in [2.45, 2.75) is 19.9 Å². The van der Waals surface area contributed by atoms with Gasteiger partial charge in [0.1, 0.15) is 5.75 Å². The number of carbonyl (C=O) groups excluding carboxylic acids is 1. The van der Waals surface area contributed by atoms with Crippen LogP contribution in [0.2, 0.25) is 0 Å². The molecule has 0 radical (unpaired) electrons. The van der Waals surface area contributed by atoms with E-state index in [1.807, 2.05) is 48.5 Å². The fraction of sp³-hybridized carbons (Fsp3) is 0.200. The molecule has 5 heteroatoms. The predicted molar refractivity (Wildman–Crippen MR) is 97.9 cm³/mol. The maximum absolute atomic E-state index is 12.2. The maximum Gasteiger partial charge on any atom is 0.251 e. The van der Waals surface area contributed by atoms with Gasteiger partial charge in [-0.15, -0.1) is 0 Å². The van der Waals surface area contributed by atoms with Crippen molar-refractivity contribution in [1.29, 1.82) is 0 Å². The van der Waals surface area contributed by atoms with Crippen molar-refractivity contribution >= 4 is 16.8 Å². The second-order valence-corrected chi connectivity index (χ2v) is 5.97. The lowest BCUT2D eigenvalue weighted by molar-refractivity contribution is -0.120. The molecule has 1 heterocycles. The first-order valence-corrected chi connectivity index (χ1v) is 8.08. The highest BCUT2D eigenvalue weighted by atomic mass is 16.5. The number of H-pyrrole nitrogens is 1. The Morgan fingerprint density at radius 2 is 1.96 bits per heavy atom. The summed E-state index contributed by atoms with van der Waals surface area (Å²) in [5, 5.41) is 3.88. The number of methoxy groups -OCH3 is 1. The molecule has 0 aliphatic heterocycles. The van der Waals surface area contributed by atoms with Crippen molar-refractivity contribution in [3.8, 4) is 5.75 Å². The average molecular weight is 336 g/mol. The van der Waals surface area contributed by atoms with Crippen LogP contribution in [-0.2, 0) is 17.8 Å². The standard InChI is InChI=1S/C20H20N2O3/c1-13-9-16-10-14(7-8-17(16)22-20(13)24)12-21-19(23)11-15-5-3-4-6-18(15)25-2/h3-10H,11-12H2,1-2H3,(H,21,23)(H,22,24). The first-order chi connectivity index (χ1) is 12.1. The van der Waals surface area contributed by atoms with Crippen LogP contribution in [0.4, 0.5) is 0 Å². The SMILES string of the molecule is COc1ccccc1CC(=O)NCc1ccc2[nH]c(=O)c(C)cc2c1. The van der Waals surface area contributed by atoms with E-state index in [0.29, 0.717) is 17.9 Å². The summed E-state index contributed by atoms with van der Waals surface area (Å²) in [6, 6.07) is 15.1. The van der Waals surface area contributed by atoms with Crippen LogP contribution in [0.25, 0.3) is 10.9 Å². The van der Waals surface area contributed by atoms with Gasteiger partial charge in [-0.05, 0) is 42.1 Å². The van der Waals surface area contributed by atoms with E-state index in [2.05, 4.69) is 10.3 Å². The molecule has 0 bridgehead atoms. The lowest BCUT2D eigenvalue weighted by Gasteiger charge is -2.09. The Morgan fingerprint density at radius 1 is 1.16 bits per heavy atom. The first-order valence-electron chi connectivity index (χ1n) is 8.08. The number of aromatic amines is 1. The number of para-hydroxylation sites is 1. The molecule has 25 heavy (non-hydrogen) atoms.